The van der Waals surface area contributed by atoms with E-state index in [1.54, 1.807) is 0 Å². The van der Waals surface area contributed by atoms with Crippen molar-refractivity contribution in [3.8, 4) is 0 Å². The number of carbonyl (C=O) groups excluding carboxylic acids is 1. The highest BCUT2D eigenvalue weighted by Gasteiger charge is 2.43. The first-order valence-corrected chi connectivity index (χ1v) is 7.93. The summed E-state index contributed by atoms with van der Waals surface area (Å²) in [4.78, 5) is 16.9. The van der Waals surface area contributed by atoms with Crippen molar-refractivity contribution in [1.29, 1.82) is 0 Å². The largest absolute Gasteiger partial charge is 0.368 e. The summed E-state index contributed by atoms with van der Waals surface area (Å²) in [5, 5.41) is 3.46. The van der Waals surface area contributed by atoms with Crippen LogP contribution in [0.15, 0.2) is 0 Å². The summed E-state index contributed by atoms with van der Waals surface area (Å²) >= 11 is 0. The first kappa shape index (κ1) is 15.7. The van der Waals surface area contributed by atoms with Crippen molar-refractivity contribution in [3.05, 3.63) is 0 Å². The molecule has 0 aromatic carbocycles. The van der Waals surface area contributed by atoms with Gasteiger partial charge in [0.25, 0.3) is 0 Å². The summed E-state index contributed by atoms with van der Waals surface area (Å²) in [5.41, 5.74) is 5.24. The molecule has 0 aromatic rings. The fourth-order valence-electron chi connectivity index (χ4n) is 3.72. The van der Waals surface area contributed by atoms with E-state index in [1.165, 1.54) is 6.42 Å². The van der Waals surface area contributed by atoms with Gasteiger partial charge < -0.3 is 16.0 Å². The minimum absolute atomic E-state index is 0.176. The van der Waals surface area contributed by atoms with Crippen molar-refractivity contribution in [1.82, 2.24) is 15.1 Å². The van der Waals surface area contributed by atoms with Gasteiger partial charge >= 0.3 is 0 Å². The van der Waals surface area contributed by atoms with Crippen LogP contribution in [0.3, 0.4) is 0 Å². The van der Waals surface area contributed by atoms with Crippen LogP contribution in [0, 0.1) is 0 Å². The molecule has 2 aliphatic rings. The molecular weight excluding hydrogens is 252 g/mol. The molecule has 20 heavy (non-hydrogen) atoms. The second-order valence-corrected chi connectivity index (χ2v) is 6.83. The van der Waals surface area contributed by atoms with E-state index in [2.05, 4.69) is 36.0 Å². The van der Waals surface area contributed by atoms with Crippen LogP contribution in [-0.2, 0) is 4.79 Å². The van der Waals surface area contributed by atoms with Gasteiger partial charge in [-0.2, -0.15) is 0 Å². The molecule has 2 atom stereocenters. The molecule has 1 amide bonds. The standard InChI is InChI=1S/C15H30N4O/c1-12(2)17-15(14(16)20)6-4-5-13(11-15)19-9-7-18(3)8-10-19/h12-13,17H,4-11H2,1-3H3,(H2,16,20). The van der Waals surface area contributed by atoms with Crippen molar-refractivity contribution in [3.63, 3.8) is 0 Å². The number of amides is 1. The number of nitrogens with zero attached hydrogens (tertiary/aromatic N) is 2. The van der Waals surface area contributed by atoms with E-state index >= 15 is 0 Å². The Kier molecular flexibility index (Phi) is 5.04. The van der Waals surface area contributed by atoms with Gasteiger partial charge in [-0.3, -0.25) is 9.69 Å². The van der Waals surface area contributed by atoms with Gasteiger partial charge in [-0.25, -0.2) is 0 Å². The lowest BCUT2D eigenvalue weighted by molar-refractivity contribution is -0.127. The number of hydrogen-bond acceptors (Lipinski definition) is 4. The highest BCUT2D eigenvalue weighted by molar-refractivity contribution is 5.85. The predicted octanol–water partition coefficient (Wildman–Crippen LogP) is 0.399. The van der Waals surface area contributed by atoms with Crippen LogP contribution >= 0.6 is 0 Å². The number of carbonyl (C=O) groups is 1. The third-order valence-corrected chi connectivity index (χ3v) is 4.82. The van der Waals surface area contributed by atoms with Crippen LogP contribution in [0.4, 0.5) is 0 Å². The summed E-state index contributed by atoms with van der Waals surface area (Å²) in [6.07, 6.45) is 4.02. The Morgan fingerprint density at radius 2 is 1.95 bits per heavy atom. The number of hydrogen-bond donors (Lipinski definition) is 2. The van der Waals surface area contributed by atoms with Gasteiger partial charge in [0.15, 0.2) is 0 Å². The minimum atomic E-state index is -0.500. The SMILES string of the molecule is CC(C)NC1(C(N)=O)CCCC(N2CCN(C)CC2)C1. The van der Waals surface area contributed by atoms with E-state index in [9.17, 15) is 4.79 Å². The van der Waals surface area contributed by atoms with Crippen molar-refractivity contribution in [2.24, 2.45) is 5.73 Å². The lowest BCUT2D eigenvalue weighted by atomic mass is 9.77. The van der Waals surface area contributed by atoms with Gasteiger partial charge in [-0.15, -0.1) is 0 Å². The summed E-state index contributed by atoms with van der Waals surface area (Å²) in [5.74, 6) is -0.176. The molecule has 116 valence electrons. The molecule has 5 nitrogen and oxygen atoms in total. The molecule has 2 fully saturated rings. The number of piperazine rings is 1. The fourth-order valence-corrected chi connectivity index (χ4v) is 3.72. The molecule has 0 aromatic heterocycles. The Hall–Kier alpha value is -0.650. The Morgan fingerprint density at radius 3 is 2.50 bits per heavy atom. The average Bonchev–Trinajstić information content (AvgIpc) is 2.39. The summed E-state index contributed by atoms with van der Waals surface area (Å²) in [6, 6.07) is 0.782. The molecule has 5 heteroatoms. The Balaban J connectivity index is 2.03. The Morgan fingerprint density at radius 1 is 1.30 bits per heavy atom. The Bertz CT molecular complexity index is 339. The normalized spacial score (nSPS) is 33.5. The fraction of sp³-hybridized carbons (Fsp3) is 0.933. The van der Waals surface area contributed by atoms with Gasteiger partial charge in [0.1, 0.15) is 0 Å². The number of rotatable bonds is 4. The molecule has 3 N–H and O–H groups in total. The van der Waals surface area contributed by atoms with Gasteiger partial charge in [0, 0.05) is 38.3 Å². The van der Waals surface area contributed by atoms with Crippen molar-refractivity contribution in [2.75, 3.05) is 33.2 Å². The molecule has 0 spiro atoms. The van der Waals surface area contributed by atoms with E-state index in [0.717, 1.165) is 45.4 Å². The van der Waals surface area contributed by atoms with E-state index in [-0.39, 0.29) is 11.9 Å². The molecule has 1 saturated heterocycles. The van der Waals surface area contributed by atoms with E-state index in [4.69, 9.17) is 5.73 Å². The number of nitrogens with two attached hydrogens (primary N) is 1. The monoisotopic (exact) mass is 282 g/mol. The van der Waals surface area contributed by atoms with Crippen molar-refractivity contribution >= 4 is 5.91 Å². The smallest absolute Gasteiger partial charge is 0.237 e. The van der Waals surface area contributed by atoms with Gasteiger partial charge in [-0.1, -0.05) is 0 Å². The first-order chi connectivity index (χ1) is 9.43. The molecule has 1 saturated carbocycles. The van der Waals surface area contributed by atoms with Crippen LogP contribution in [0.2, 0.25) is 0 Å². The van der Waals surface area contributed by atoms with Gasteiger partial charge in [0.2, 0.25) is 5.91 Å². The Labute approximate surface area is 122 Å². The van der Waals surface area contributed by atoms with Crippen LogP contribution in [0.25, 0.3) is 0 Å². The molecule has 1 aliphatic carbocycles. The highest BCUT2D eigenvalue weighted by atomic mass is 16.1. The van der Waals surface area contributed by atoms with Gasteiger partial charge in [0.05, 0.1) is 5.54 Å². The van der Waals surface area contributed by atoms with Crippen LogP contribution in [0.1, 0.15) is 39.5 Å². The zero-order valence-corrected chi connectivity index (χ0v) is 13.2. The minimum Gasteiger partial charge on any atom is -0.368 e. The number of likely N-dealkylation sites (N-methyl/N-ethyl adjacent to an activating group) is 1. The second-order valence-electron chi connectivity index (χ2n) is 6.83. The van der Waals surface area contributed by atoms with Crippen molar-refractivity contribution in [2.45, 2.75) is 57.2 Å². The lowest BCUT2D eigenvalue weighted by Gasteiger charge is -2.46. The molecule has 2 unspecified atom stereocenters. The highest BCUT2D eigenvalue weighted by Crippen LogP contribution is 2.32. The summed E-state index contributed by atoms with van der Waals surface area (Å²) < 4.78 is 0. The van der Waals surface area contributed by atoms with E-state index in [0.29, 0.717) is 6.04 Å². The lowest BCUT2D eigenvalue weighted by Crippen LogP contribution is -2.63. The quantitative estimate of drug-likeness (QED) is 0.783. The zero-order chi connectivity index (χ0) is 14.8. The van der Waals surface area contributed by atoms with Gasteiger partial charge in [-0.05, 0) is 46.6 Å². The molecule has 2 rings (SSSR count). The number of nitrogens with one attached hydrogen (secondary N) is 1. The average molecular weight is 282 g/mol. The first-order valence-electron chi connectivity index (χ1n) is 7.93. The second kappa shape index (κ2) is 6.41. The van der Waals surface area contributed by atoms with Crippen LogP contribution < -0.4 is 11.1 Å². The van der Waals surface area contributed by atoms with Crippen LogP contribution in [-0.4, -0.2) is 66.6 Å². The van der Waals surface area contributed by atoms with Crippen LogP contribution in [0.5, 0.6) is 0 Å². The third-order valence-electron chi connectivity index (χ3n) is 4.82. The van der Waals surface area contributed by atoms with E-state index < -0.39 is 5.54 Å². The number of primary amides is 1. The summed E-state index contributed by atoms with van der Waals surface area (Å²) in [7, 11) is 2.17. The predicted molar refractivity (Wildman–Crippen MR) is 81.5 cm³/mol. The van der Waals surface area contributed by atoms with Crippen molar-refractivity contribution < 1.29 is 4.79 Å². The molecule has 1 aliphatic heterocycles. The molecular formula is C15H30N4O. The molecule has 0 bridgehead atoms. The molecule has 0 radical (unpaired) electrons. The third kappa shape index (κ3) is 3.51. The maximum atomic E-state index is 12.0. The summed E-state index contributed by atoms with van der Waals surface area (Å²) in [6.45, 7) is 8.64. The zero-order valence-electron chi connectivity index (χ0n) is 13.2. The maximum absolute atomic E-state index is 12.0. The molecule has 1 heterocycles. The topological polar surface area (TPSA) is 61.6 Å². The maximum Gasteiger partial charge on any atom is 0.237 e. The van der Waals surface area contributed by atoms with E-state index in [1.807, 2.05) is 0 Å².